The van der Waals surface area contributed by atoms with Crippen molar-refractivity contribution in [1.29, 1.82) is 0 Å². The lowest BCUT2D eigenvalue weighted by molar-refractivity contribution is -0.131. The van der Waals surface area contributed by atoms with Gasteiger partial charge in [-0.1, -0.05) is 54.8 Å². The summed E-state index contributed by atoms with van der Waals surface area (Å²) in [7, 11) is 0. The summed E-state index contributed by atoms with van der Waals surface area (Å²) in [6, 6.07) is 15.5. The molecule has 29 heavy (non-hydrogen) atoms. The molecule has 0 bridgehead atoms. The zero-order chi connectivity index (χ0) is 20.2. The summed E-state index contributed by atoms with van der Waals surface area (Å²) < 4.78 is 0. The Labute approximate surface area is 177 Å². The van der Waals surface area contributed by atoms with E-state index in [0.29, 0.717) is 24.5 Å². The zero-order valence-corrected chi connectivity index (χ0v) is 17.4. The number of carbonyl (C=O) groups excluding carboxylic acids is 2. The summed E-state index contributed by atoms with van der Waals surface area (Å²) in [5, 5.41) is 0.677. The minimum atomic E-state index is -0.0405. The van der Waals surface area contributed by atoms with Crippen molar-refractivity contribution < 1.29 is 9.59 Å². The molecule has 2 heterocycles. The number of fused-ring (bicyclic) bond motifs is 1. The summed E-state index contributed by atoms with van der Waals surface area (Å²) in [4.78, 5) is 29.8. The van der Waals surface area contributed by atoms with Crippen molar-refractivity contribution in [1.82, 2.24) is 9.80 Å². The van der Waals surface area contributed by atoms with E-state index in [9.17, 15) is 9.59 Å². The van der Waals surface area contributed by atoms with Crippen LogP contribution in [0.25, 0.3) is 0 Å². The number of amides is 2. The fourth-order valence-corrected chi connectivity index (χ4v) is 4.54. The molecular formula is C24H27ClN2O2. The zero-order valence-electron chi connectivity index (χ0n) is 16.6. The second-order valence-corrected chi connectivity index (χ2v) is 8.53. The highest BCUT2D eigenvalue weighted by Crippen LogP contribution is 2.29. The van der Waals surface area contributed by atoms with Crippen LogP contribution in [0.2, 0.25) is 5.02 Å². The standard InChI is InChI=1S/C24H27ClN2O2/c25-21-11-9-18(10-12-21)20(15-23(28)26-13-5-1-2-6-14-26)17-27-16-19-7-3-4-8-22(19)24(27)29/h3-4,7-12,20H,1-2,5-6,13-17H2. The molecule has 1 saturated heterocycles. The maximum absolute atomic E-state index is 13.1. The average molecular weight is 411 g/mol. The van der Waals surface area contributed by atoms with Crippen LogP contribution in [-0.2, 0) is 11.3 Å². The predicted octanol–water partition coefficient (Wildman–Crippen LogP) is 4.87. The number of hydrogen-bond acceptors (Lipinski definition) is 2. The molecule has 0 radical (unpaired) electrons. The van der Waals surface area contributed by atoms with Gasteiger partial charge in [-0.2, -0.15) is 0 Å². The molecule has 5 heteroatoms. The molecule has 0 saturated carbocycles. The number of halogens is 1. The monoisotopic (exact) mass is 410 g/mol. The fourth-order valence-electron chi connectivity index (χ4n) is 4.41. The first-order valence-electron chi connectivity index (χ1n) is 10.5. The molecule has 0 aromatic heterocycles. The molecule has 0 spiro atoms. The minimum absolute atomic E-state index is 0.0405. The van der Waals surface area contributed by atoms with Crippen LogP contribution in [0, 0.1) is 0 Å². The summed E-state index contributed by atoms with van der Waals surface area (Å²) in [5.74, 6) is 0.207. The molecule has 1 unspecified atom stereocenters. The molecule has 2 aromatic rings. The number of nitrogens with zero attached hydrogens (tertiary/aromatic N) is 2. The fraction of sp³-hybridized carbons (Fsp3) is 0.417. The van der Waals surface area contributed by atoms with Gasteiger partial charge in [-0.15, -0.1) is 0 Å². The number of rotatable bonds is 5. The van der Waals surface area contributed by atoms with Crippen molar-refractivity contribution >= 4 is 23.4 Å². The average Bonchev–Trinajstić information content (AvgIpc) is 2.90. The maximum atomic E-state index is 13.1. The lowest BCUT2D eigenvalue weighted by atomic mass is 9.94. The van der Waals surface area contributed by atoms with Gasteiger partial charge in [0.2, 0.25) is 5.91 Å². The number of benzene rings is 2. The molecule has 4 rings (SSSR count). The van der Waals surface area contributed by atoms with Crippen LogP contribution >= 0.6 is 11.6 Å². The van der Waals surface area contributed by atoms with Crippen molar-refractivity contribution in [3.05, 3.63) is 70.2 Å². The van der Waals surface area contributed by atoms with E-state index >= 15 is 0 Å². The first-order chi connectivity index (χ1) is 14.1. The predicted molar refractivity (Wildman–Crippen MR) is 115 cm³/mol. The Kier molecular flexibility index (Phi) is 6.19. The second-order valence-electron chi connectivity index (χ2n) is 8.09. The molecule has 0 aliphatic carbocycles. The van der Waals surface area contributed by atoms with Gasteiger partial charge in [-0.05, 0) is 42.2 Å². The Hall–Kier alpha value is -2.33. The Morgan fingerprint density at radius 3 is 2.34 bits per heavy atom. The number of hydrogen-bond donors (Lipinski definition) is 0. The van der Waals surface area contributed by atoms with Crippen molar-refractivity contribution in [2.45, 2.75) is 44.6 Å². The third-order valence-corrected chi connectivity index (χ3v) is 6.31. The van der Waals surface area contributed by atoms with Crippen molar-refractivity contribution in [3.8, 4) is 0 Å². The molecular weight excluding hydrogens is 384 g/mol. The van der Waals surface area contributed by atoms with Gasteiger partial charge < -0.3 is 9.80 Å². The van der Waals surface area contributed by atoms with E-state index in [1.807, 2.05) is 58.3 Å². The maximum Gasteiger partial charge on any atom is 0.254 e. The Morgan fingerprint density at radius 2 is 1.66 bits per heavy atom. The number of carbonyl (C=O) groups is 2. The van der Waals surface area contributed by atoms with Gasteiger partial charge in [0.15, 0.2) is 0 Å². The summed E-state index contributed by atoms with van der Waals surface area (Å²) >= 11 is 6.08. The lowest BCUT2D eigenvalue weighted by Gasteiger charge is -2.27. The lowest BCUT2D eigenvalue weighted by Crippen LogP contribution is -2.35. The molecule has 0 N–H and O–H groups in total. The normalized spacial score (nSPS) is 17.8. The van der Waals surface area contributed by atoms with E-state index in [4.69, 9.17) is 11.6 Å². The quantitative estimate of drug-likeness (QED) is 0.705. The third kappa shape index (κ3) is 4.64. The van der Waals surface area contributed by atoms with Gasteiger partial charge in [0.25, 0.3) is 5.91 Å². The highest BCUT2D eigenvalue weighted by Gasteiger charge is 2.30. The molecule has 4 nitrogen and oxygen atoms in total. The van der Waals surface area contributed by atoms with E-state index in [2.05, 4.69) is 0 Å². The van der Waals surface area contributed by atoms with E-state index in [-0.39, 0.29) is 17.7 Å². The van der Waals surface area contributed by atoms with Crippen LogP contribution in [0.5, 0.6) is 0 Å². The first kappa shape index (κ1) is 20.0. The number of likely N-dealkylation sites (tertiary alicyclic amines) is 1. The highest BCUT2D eigenvalue weighted by atomic mass is 35.5. The molecule has 2 aromatic carbocycles. The van der Waals surface area contributed by atoms with Gasteiger partial charge in [0.1, 0.15) is 0 Å². The van der Waals surface area contributed by atoms with E-state index in [0.717, 1.165) is 42.6 Å². The van der Waals surface area contributed by atoms with Gasteiger partial charge in [0, 0.05) is 49.1 Å². The van der Waals surface area contributed by atoms with Crippen LogP contribution in [0.3, 0.4) is 0 Å². The van der Waals surface area contributed by atoms with Crippen molar-refractivity contribution in [2.24, 2.45) is 0 Å². The van der Waals surface area contributed by atoms with Crippen LogP contribution in [0.15, 0.2) is 48.5 Å². The molecule has 152 valence electrons. The van der Waals surface area contributed by atoms with Crippen molar-refractivity contribution in [3.63, 3.8) is 0 Å². The van der Waals surface area contributed by atoms with Gasteiger partial charge in [-0.25, -0.2) is 0 Å². The van der Waals surface area contributed by atoms with E-state index < -0.39 is 0 Å². The summed E-state index contributed by atoms with van der Waals surface area (Å²) in [6.07, 6.45) is 4.98. The largest absolute Gasteiger partial charge is 0.343 e. The SMILES string of the molecule is O=C(CC(CN1Cc2ccccc2C1=O)c1ccc(Cl)cc1)N1CCCCCC1. The molecule has 1 atom stereocenters. The van der Waals surface area contributed by atoms with Crippen LogP contribution in [0.1, 0.15) is 59.5 Å². The Bertz CT molecular complexity index is 873. The molecule has 2 aliphatic heterocycles. The minimum Gasteiger partial charge on any atom is -0.343 e. The smallest absolute Gasteiger partial charge is 0.254 e. The Balaban J connectivity index is 1.52. The van der Waals surface area contributed by atoms with E-state index in [1.54, 1.807) is 0 Å². The molecule has 2 amide bonds. The van der Waals surface area contributed by atoms with Crippen LogP contribution in [0.4, 0.5) is 0 Å². The highest BCUT2D eigenvalue weighted by molar-refractivity contribution is 6.30. The van der Waals surface area contributed by atoms with E-state index in [1.165, 1.54) is 12.8 Å². The second kappa shape index (κ2) is 9.00. The van der Waals surface area contributed by atoms with Gasteiger partial charge in [-0.3, -0.25) is 9.59 Å². The molecule has 1 fully saturated rings. The summed E-state index contributed by atoms with van der Waals surface area (Å²) in [6.45, 7) is 2.84. The van der Waals surface area contributed by atoms with Crippen molar-refractivity contribution in [2.75, 3.05) is 19.6 Å². The van der Waals surface area contributed by atoms with Crippen LogP contribution in [-0.4, -0.2) is 41.2 Å². The topological polar surface area (TPSA) is 40.6 Å². The Morgan fingerprint density at radius 1 is 0.966 bits per heavy atom. The van der Waals surface area contributed by atoms with Crippen LogP contribution < -0.4 is 0 Å². The summed E-state index contributed by atoms with van der Waals surface area (Å²) in [5.41, 5.74) is 2.90. The molecule has 2 aliphatic rings. The third-order valence-electron chi connectivity index (χ3n) is 6.06. The first-order valence-corrected chi connectivity index (χ1v) is 10.9. The van der Waals surface area contributed by atoms with Gasteiger partial charge in [0.05, 0.1) is 0 Å². The van der Waals surface area contributed by atoms with Gasteiger partial charge >= 0.3 is 0 Å².